The number of guanidine groups is 1. The molecule has 1 fully saturated rings. The Balaban J connectivity index is 1.83. The highest BCUT2D eigenvalue weighted by molar-refractivity contribution is 7.92. The van der Waals surface area contributed by atoms with Gasteiger partial charge in [0.2, 0.25) is 0 Å². The lowest BCUT2D eigenvalue weighted by Gasteiger charge is -2.39. The molecule has 0 spiro atoms. The van der Waals surface area contributed by atoms with Gasteiger partial charge in [-0.25, -0.2) is 12.8 Å². The van der Waals surface area contributed by atoms with E-state index in [-0.39, 0.29) is 11.6 Å². The quantitative estimate of drug-likeness (QED) is 0.476. The number of hydrogen-bond acceptors (Lipinski definition) is 4. The first-order chi connectivity index (χ1) is 12.2. The fraction of sp³-hybridized carbons (Fsp3) is 0.611. The second-order valence-electron chi connectivity index (χ2n) is 7.23. The molecule has 1 aromatic rings. The van der Waals surface area contributed by atoms with Crippen molar-refractivity contribution in [1.82, 2.24) is 10.2 Å². The Kier molecular flexibility index (Phi) is 6.49. The fourth-order valence-corrected chi connectivity index (χ4v) is 4.38. The van der Waals surface area contributed by atoms with E-state index in [0.717, 1.165) is 24.6 Å². The Labute approximate surface area is 156 Å². The molecule has 0 aliphatic carbocycles. The van der Waals surface area contributed by atoms with Crippen LogP contribution in [-0.4, -0.2) is 70.1 Å². The van der Waals surface area contributed by atoms with E-state index in [9.17, 15) is 12.8 Å². The summed E-state index contributed by atoms with van der Waals surface area (Å²) in [7, 11) is 0.570. The van der Waals surface area contributed by atoms with Crippen molar-refractivity contribution in [2.24, 2.45) is 4.99 Å². The van der Waals surface area contributed by atoms with Crippen molar-refractivity contribution in [3.05, 3.63) is 30.1 Å². The number of aliphatic imine (C=N–C) groups is 1. The van der Waals surface area contributed by atoms with Gasteiger partial charge in [-0.15, -0.1) is 0 Å². The SMILES string of the molecule is CN=C(NCCCN(C)c1cccc(F)c1)N1CCS(=O)(=O)C(C)(C)C1. The first-order valence-corrected chi connectivity index (χ1v) is 10.5. The van der Waals surface area contributed by atoms with Gasteiger partial charge in [0.05, 0.1) is 10.5 Å². The van der Waals surface area contributed by atoms with E-state index < -0.39 is 14.6 Å². The predicted octanol–water partition coefficient (Wildman–Crippen LogP) is 1.74. The molecule has 0 aromatic heterocycles. The number of nitrogens with one attached hydrogen (secondary N) is 1. The third-order valence-electron chi connectivity index (χ3n) is 4.76. The van der Waals surface area contributed by atoms with E-state index >= 15 is 0 Å². The summed E-state index contributed by atoms with van der Waals surface area (Å²) in [6, 6.07) is 6.53. The van der Waals surface area contributed by atoms with Crippen LogP contribution < -0.4 is 10.2 Å². The Morgan fingerprint density at radius 1 is 1.42 bits per heavy atom. The standard InChI is InChI=1S/C18H29FN4O2S/c1-18(2)14-23(11-12-26(18,24)25)17(20-3)21-9-6-10-22(4)16-8-5-7-15(19)13-16/h5,7-8,13H,6,9-12,14H2,1-4H3,(H,20,21). The molecule has 8 heteroatoms. The lowest BCUT2D eigenvalue weighted by Crippen LogP contribution is -2.57. The fourth-order valence-electron chi connectivity index (χ4n) is 3.02. The van der Waals surface area contributed by atoms with Crippen LogP contribution in [0.2, 0.25) is 0 Å². The normalized spacial score (nSPS) is 19.3. The van der Waals surface area contributed by atoms with Gasteiger partial charge < -0.3 is 15.1 Å². The molecule has 0 atom stereocenters. The molecule has 1 aromatic carbocycles. The zero-order valence-electron chi connectivity index (χ0n) is 16.0. The molecule has 2 rings (SSSR count). The average molecular weight is 385 g/mol. The highest BCUT2D eigenvalue weighted by Crippen LogP contribution is 2.23. The van der Waals surface area contributed by atoms with Gasteiger partial charge in [-0.05, 0) is 38.5 Å². The van der Waals surface area contributed by atoms with Crippen molar-refractivity contribution < 1.29 is 12.8 Å². The minimum absolute atomic E-state index is 0.142. The number of halogens is 1. The van der Waals surface area contributed by atoms with Crippen LogP contribution in [0.25, 0.3) is 0 Å². The number of benzene rings is 1. The second-order valence-corrected chi connectivity index (χ2v) is 9.97. The first-order valence-electron chi connectivity index (χ1n) is 8.81. The van der Waals surface area contributed by atoms with Crippen LogP contribution >= 0.6 is 0 Å². The summed E-state index contributed by atoms with van der Waals surface area (Å²) in [5.41, 5.74) is 0.845. The molecular weight excluding hydrogens is 355 g/mol. The smallest absolute Gasteiger partial charge is 0.193 e. The summed E-state index contributed by atoms with van der Waals surface area (Å²) >= 11 is 0. The van der Waals surface area contributed by atoms with Crippen molar-refractivity contribution in [3.8, 4) is 0 Å². The van der Waals surface area contributed by atoms with Gasteiger partial charge in [-0.2, -0.15) is 0 Å². The van der Waals surface area contributed by atoms with Crippen LogP contribution in [0.15, 0.2) is 29.3 Å². The van der Waals surface area contributed by atoms with Gasteiger partial charge in [0.15, 0.2) is 15.8 Å². The minimum atomic E-state index is -3.07. The van der Waals surface area contributed by atoms with Crippen LogP contribution in [-0.2, 0) is 9.84 Å². The van der Waals surface area contributed by atoms with E-state index in [1.54, 1.807) is 27.0 Å². The van der Waals surface area contributed by atoms with Crippen LogP contribution in [0.3, 0.4) is 0 Å². The number of anilines is 1. The number of hydrogen-bond donors (Lipinski definition) is 1. The maximum Gasteiger partial charge on any atom is 0.193 e. The van der Waals surface area contributed by atoms with Gasteiger partial charge in [0, 0.05) is 46.0 Å². The molecule has 146 valence electrons. The van der Waals surface area contributed by atoms with Crippen molar-refractivity contribution in [3.63, 3.8) is 0 Å². The van der Waals surface area contributed by atoms with E-state index in [4.69, 9.17) is 0 Å². The van der Waals surface area contributed by atoms with Crippen molar-refractivity contribution in [2.45, 2.75) is 25.0 Å². The first kappa shape index (κ1) is 20.5. The predicted molar refractivity (Wildman–Crippen MR) is 105 cm³/mol. The van der Waals surface area contributed by atoms with Crippen molar-refractivity contribution >= 4 is 21.5 Å². The molecule has 0 radical (unpaired) electrons. The molecule has 1 saturated heterocycles. The molecular formula is C18H29FN4O2S. The van der Waals surface area contributed by atoms with Crippen molar-refractivity contribution in [2.75, 3.05) is 50.9 Å². The third-order valence-corrected chi connectivity index (χ3v) is 7.29. The zero-order valence-corrected chi connectivity index (χ0v) is 16.8. The van der Waals surface area contributed by atoms with E-state index in [0.29, 0.717) is 19.6 Å². The second kappa shape index (κ2) is 8.24. The van der Waals surface area contributed by atoms with E-state index in [1.165, 1.54) is 12.1 Å². The molecule has 1 N–H and O–H groups in total. The van der Waals surface area contributed by atoms with Crippen LogP contribution in [0.1, 0.15) is 20.3 Å². The molecule has 1 aliphatic rings. The van der Waals surface area contributed by atoms with Gasteiger partial charge in [0.25, 0.3) is 0 Å². The highest BCUT2D eigenvalue weighted by Gasteiger charge is 2.40. The number of nitrogens with zero attached hydrogens (tertiary/aromatic N) is 3. The molecule has 6 nitrogen and oxygen atoms in total. The summed E-state index contributed by atoms with van der Waals surface area (Å²) in [4.78, 5) is 8.29. The molecule has 0 bridgehead atoms. The lowest BCUT2D eigenvalue weighted by molar-refractivity contribution is 0.353. The Morgan fingerprint density at radius 3 is 2.77 bits per heavy atom. The largest absolute Gasteiger partial charge is 0.374 e. The molecule has 0 amide bonds. The summed E-state index contributed by atoms with van der Waals surface area (Å²) in [6.07, 6.45) is 0.849. The van der Waals surface area contributed by atoms with Gasteiger partial charge in [-0.1, -0.05) is 6.07 Å². The summed E-state index contributed by atoms with van der Waals surface area (Å²) in [5, 5.41) is 3.30. The average Bonchev–Trinajstić information content (AvgIpc) is 2.57. The van der Waals surface area contributed by atoms with Gasteiger partial charge >= 0.3 is 0 Å². The van der Waals surface area contributed by atoms with Gasteiger partial charge in [-0.3, -0.25) is 4.99 Å². The summed E-state index contributed by atoms with van der Waals surface area (Å²) < 4.78 is 36.8. The summed E-state index contributed by atoms with van der Waals surface area (Å²) in [6.45, 7) is 5.88. The molecule has 0 unspecified atom stereocenters. The monoisotopic (exact) mass is 384 g/mol. The molecule has 1 heterocycles. The third kappa shape index (κ3) is 4.87. The molecule has 0 saturated carbocycles. The van der Waals surface area contributed by atoms with Crippen LogP contribution in [0.5, 0.6) is 0 Å². The Hall–Kier alpha value is -1.83. The summed E-state index contributed by atoms with van der Waals surface area (Å²) in [5.74, 6) is 0.625. The highest BCUT2D eigenvalue weighted by atomic mass is 32.2. The Morgan fingerprint density at radius 2 is 2.15 bits per heavy atom. The number of rotatable bonds is 5. The Bertz CT molecular complexity index is 749. The molecule has 26 heavy (non-hydrogen) atoms. The maximum atomic E-state index is 13.3. The molecule has 1 aliphatic heterocycles. The topological polar surface area (TPSA) is 65.0 Å². The zero-order chi connectivity index (χ0) is 19.4. The number of sulfone groups is 1. The van der Waals surface area contributed by atoms with E-state index in [2.05, 4.69) is 10.3 Å². The minimum Gasteiger partial charge on any atom is -0.374 e. The van der Waals surface area contributed by atoms with Gasteiger partial charge in [0.1, 0.15) is 5.82 Å². The van der Waals surface area contributed by atoms with Crippen molar-refractivity contribution in [1.29, 1.82) is 0 Å². The lowest BCUT2D eigenvalue weighted by atomic mass is 10.2. The van der Waals surface area contributed by atoms with Crippen LogP contribution in [0.4, 0.5) is 10.1 Å². The van der Waals surface area contributed by atoms with E-state index in [1.807, 2.05) is 22.9 Å². The van der Waals surface area contributed by atoms with Crippen LogP contribution in [0, 0.1) is 5.82 Å². The maximum absolute atomic E-state index is 13.3.